The van der Waals surface area contributed by atoms with Crippen molar-refractivity contribution < 1.29 is 4.79 Å². The fraction of sp³-hybridized carbons (Fsp3) is 0.333. The van der Waals surface area contributed by atoms with Crippen molar-refractivity contribution >= 4 is 28.1 Å². The highest BCUT2D eigenvalue weighted by molar-refractivity contribution is 7.14. The van der Waals surface area contributed by atoms with Crippen LogP contribution in [-0.2, 0) is 0 Å². The standard InChI is InChI=1S/C21H26N4OS/c1-5-16(6-2)25-14(4)17(20(22)26)11-19(25)18-12-27-21(24-18)23-15-9-7-13(3)8-10-15/h7-12,16H,5-6H2,1-4H3,(H2,22,26)(H,23,24). The number of primary amides is 1. The first-order valence-corrected chi connectivity index (χ1v) is 10.1. The van der Waals surface area contributed by atoms with Crippen molar-refractivity contribution in [3.05, 3.63) is 52.5 Å². The molecule has 3 N–H and O–H groups in total. The van der Waals surface area contributed by atoms with Crippen LogP contribution in [0.3, 0.4) is 0 Å². The molecule has 0 atom stereocenters. The average molecular weight is 383 g/mol. The Morgan fingerprint density at radius 2 is 1.89 bits per heavy atom. The van der Waals surface area contributed by atoms with E-state index in [1.54, 1.807) is 11.3 Å². The first-order valence-electron chi connectivity index (χ1n) is 9.25. The van der Waals surface area contributed by atoms with E-state index in [0.717, 1.165) is 40.7 Å². The quantitative estimate of drug-likeness (QED) is 0.572. The van der Waals surface area contributed by atoms with Gasteiger partial charge in [-0.05, 0) is 44.9 Å². The summed E-state index contributed by atoms with van der Waals surface area (Å²) >= 11 is 1.55. The highest BCUT2D eigenvalue weighted by Gasteiger charge is 2.22. The molecule has 0 bridgehead atoms. The van der Waals surface area contributed by atoms with Crippen LogP contribution in [0.5, 0.6) is 0 Å². The van der Waals surface area contributed by atoms with Crippen LogP contribution >= 0.6 is 11.3 Å². The van der Waals surface area contributed by atoms with Crippen molar-refractivity contribution in [2.75, 3.05) is 5.32 Å². The molecule has 0 aliphatic heterocycles. The van der Waals surface area contributed by atoms with Gasteiger partial charge in [0, 0.05) is 22.8 Å². The Bertz CT molecular complexity index is 936. The summed E-state index contributed by atoms with van der Waals surface area (Å²) in [4.78, 5) is 16.6. The number of aryl methyl sites for hydroxylation is 1. The van der Waals surface area contributed by atoms with E-state index >= 15 is 0 Å². The minimum Gasteiger partial charge on any atom is -0.366 e. The van der Waals surface area contributed by atoms with Crippen LogP contribution in [0, 0.1) is 13.8 Å². The highest BCUT2D eigenvalue weighted by atomic mass is 32.1. The second-order valence-corrected chi connectivity index (χ2v) is 7.62. The van der Waals surface area contributed by atoms with Crippen LogP contribution < -0.4 is 11.1 Å². The lowest BCUT2D eigenvalue weighted by Crippen LogP contribution is -2.14. The number of nitrogens with two attached hydrogens (primary N) is 1. The lowest BCUT2D eigenvalue weighted by atomic mass is 10.1. The Morgan fingerprint density at radius 3 is 2.48 bits per heavy atom. The molecule has 0 spiro atoms. The second-order valence-electron chi connectivity index (χ2n) is 6.76. The smallest absolute Gasteiger partial charge is 0.250 e. The van der Waals surface area contributed by atoms with E-state index in [1.807, 2.05) is 30.5 Å². The number of thiazole rings is 1. The third-order valence-corrected chi connectivity index (χ3v) is 5.69. The number of hydrogen-bond acceptors (Lipinski definition) is 4. The van der Waals surface area contributed by atoms with E-state index in [2.05, 4.69) is 42.8 Å². The van der Waals surface area contributed by atoms with Crippen molar-refractivity contribution in [3.63, 3.8) is 0 Å². The van der Waals surface area contributed by atoms with Crippen molar-refractivity contribution in [1.29, 1.82) is 0 Å². The molecule has 27 heavy (non-hydrogen) atoms. The summed E-state index contributed by atoms with van der Waals surface area (Å²) < 4.78 is 2.21. The molecular formula is C21H26N4OS. The summed E-state index contributed by atoms with van der Waals surface area (Å²) in [6.45, 7) is 8.34. The van der Waals surface area contributed by atoms with Crippen LogP contribution in [0.15, 0.2) is 35.7 Å². The summed E-state index contributed by atoms with van der Waals surface area (Å²) in [6.07, 6.45) is 1.96. The Labute approximate surface area is 164 Å². The number of rotatable bonds is 7. The predicted octanol–water partition coefficient (Wildman–Crippen LogP) is 5.43. The molecule has 0 fully saturated rings. The number of aromatic nitrogens is 2. The number of anilines is 2. The van der Waals surface area contributed by atoms with Gasteiger partial charge in [-0.2, -0.15) is 0 Å². The van der Waals surface area contributed by atoms with E-state index < -0.39 is 5.91 Å². The molecule has 6 heteroatoms. The Hall–Kier alpha value is -2.60. The number of carbonyl (C=O) groups excluding carboxylic acids is 1. The fourth-order valence-electron chi connectivity index (χ4n) is 3.40. The van der Waals surface area contributed by atoms with Gasteiger partial charge in [0.25, 0.3) is 5.91 Å². The molecule has 2 aromatic heterocycles. The molecule has 2 heterocycles. The van der Waals surface area contributed by atoms with Gasteiger partial charge in [-0.15, -0.1) is 11.3 Å². The Kier molecular flexibility index (Phi) is 5.65. The van der Waals surface area contributed by atoms with Gasteiger partial charge in [0.05, 0.1) is 17.0 Å². The zero-order valence-corrected chi connectivity index (χ0v) is 17.1. The summed E-state index contributed by atoms with van der Waals surface area (Å²) in [6, 6.07) is 10.4. The van der Waals surface area contributed by atoms with Crippen molar-refractivity contribution in [2.45, 2.75) is 46.6 Å². The summed E-state index contributed by atoms with van der Waals surface area (Å²) in [7, 11) is 0. The van der Waals surface area contributed by atoms with Gasteiger partial charge >= 0.3 is 0 Å². The van der Waals surface area contributed by atoms with Gasteiger partial charge in [-0.25, -0.2) is 4.98 Å². The zero-order valence-electron chi connectivity index (χ0n) is 16.2. The molecule has 0 saturated carbocycles. The zero-order chi connectivity index (χ0) is 19.6. The molecule has 0 aliphatic carbocycles. The average Bonchev–Trinajstić information content (AvgIpc) is 3.23. The maximum atomic E-state index is 11.9. The molecular weight excluding hydrogens is 356 g/mol. The number of hydrogen-bond donors (Lipinski definition) is 2. The monoisotopic (exact) mass is 382 g/mol. The maximum Gasteiger partial charge on any atom is 0.250 e. The van der Waals surface area contributed by atoms with Crippen LogP contribution in [0.2, 0.25) is 0 Å². The molecule has 5 nitrogen and oxygen atoms in total. The number of amides is 1. The van der Waals surface area contributed by atoms with E-state index in [9.17, 15) is 4.79 Å². The molecule has 1 aromatic carbocycles. The molecule has 0 unspecified atom stereocenters. The van der Waals surface area contributed by atoms with Gasteiger partial charge < -0.3 is 15.6 Å². The molecule has 0 aliphatic rings. The molecule has 142 valence electrons. The topological polar surface area (TPSA) is 72.9 Å². The van der Waals surface area contributed by atoms with Gasteiger partial charge in [0.15, 0.2) is 5.13 Å². The van der Waals surface area contributed by atoms with Crippen LogP contribution in [0.4, 0.5) is 10.8 Å². The maximum absolute atomic E-state index is 11.9. The van der Waals surface area contributed by atoms with E-state index in [4.69, 9.17) is 10.7 Å². The fourth-order valence-corrected chi connectivity index (χ4v) is 4.13. The molecule has 3 rings (SSSR count). The number of nitrogens with zero attached hydrogens (tertiary/aromatic N) is 2. The Morgan fingerprint density at radius 1 is 1.22 bits per heavy atom. The lowest BCUT2D eigenvalue weighted by Gasteiger charge is -2.20. The van der Waals surface area contributed by atoms with Crippen LogP contribution in [0.1, 0.15) is 54.3 Å². The van der Waals surface area contributed by atoms with Crippen LogP contribution in [0.25, 0.3) is 11.4 Å². The lowest BCUT2D eigenvalue weighted by molar-refractivity contribution is 0.0999. The molecule has 1 amide bonds. The predicted molar refractivity (Wildman–Crippen MR) is 113 cm³/mol. The van der Waals surface area contributed by atoms with E-state index in [-0.39, 0.29) is 0 Å². The van der Waals surface area contributed by atoms with Crippen molar-refractivity contribution in [3.8, 4) is 11.4 Å². The van der Waals surface area contributed by atoms with E-state index in [0.29, 0.717) is 11.6 Å². The van der Waals surface area contributed by atoms with Gasteiger partial charge in [-0.1, -0.05) is 31.5 Å². The summed E-state index contributed by atoms with van der Waals surface area (Å²) in [5, 5.41) is 6.19. The first kappa shape index (κ1) is 19.2. The van der Waals surface area contributed by atoms with E-state index in [1.165, 1.54) is 5.56 Å². The minimum absolute atomic E-state index is 0.309. The number of nitrogens with one attached hydrogen (secondary N) is 1. The highest BCUT2D eigenvalue weighted by Crippen LogP contribution is 2.34. The largest absolute Gasteiger partial charge is 0.366 e. The van der Waals surface area contributed by atoms with Gasteiger partial charge in [0.1, 0.15) is 0 Å². The number of carbonyl (C=O) groups is 1. The second kappa shape index (κ2) is 7.96. The summed E-state index contributed by atoms with van der Waals surface area (Å²) in [5.41, 5.74) is 11.1. The SMILES string of the molecule is CCC(CC)n1c(-c2csc(Nc3ccc(C)cc3)n2)cc(C(N)=O)c1C. The normalized spacial score (nSPS) is 11.1. The number of benzene rings is 1. The summed E-state index contributed by atoms with van der Waals surface area (Å²) in [5.74, 6) is -0.397. The molecule has 0 radical (unpaired) electrons. The first-order chi connectivity index (χ1) is 12.9. The van der Waals surface area contributed by atoms with Crippen LogP contribution in [-0.4, -0.2) is 15.5 Å². The van der Waals surface area contributed by atoms with Gasteiger partial charge in [0.2, 0.25) is 0 Å². The third-order valence-electron chi connectivity index (χ3n) is 4.93. The van der Waals surface area contributed by atoms with Crippen molar-refractivity contribution in [2.24, 2.45) is 5.73 Å². The Balaban J connectivity index is 1.98. The molecule has 0 saturated heterocycles. The molecule has 3 aromatic rings. The van der Waals surface area contributed by atoms with Gasteiger partial charge in [-0.3, -0.25) is 4.79 Å². The third kappa shape index (κ3) is 3.90. The minimum atomic E-state index is -0.397. The van der Waals surface area contributed by atoms with Crippen molar-refractivity contribution in [1.82, 2.24) is 9.55 Å².